The summed E-state index contributed by atoms with van der Waals surface area (Å²) >= 11 is 7.65. The molecule has 0 radical (unpaired) electrons. The predicted molar refractivity (Wildman–Crippen MR) is 66.5 cm³/mol. The number of benzene rings is 1. The highest BCUT2D eigenvalue weighted by Gasteiger charge is 2.10. The number of rotatable bonds is 2. The summed E-state index contributed by atoms with van der Waals surface area (Å²) in [6.45, 7) is 1.99. The molecule has 1 heterocycles. The van der Waals surface area contributed by atoms with Crippen LogP contribution in [0, 0.1) is 6.92 Å². The van der Waals surface area contributed by atoms with E-state index in [1.54, 1.807) is 11.3 Å². The van der Waals surface area contributed by atoms with Gasteiger partial charge in [-0.3, -0.25) is 0 Å². The molecule has 1 atom stereocenters. The first-order chi connectivity index (χ1) is 7.18. The molecule has 1 nitrogen and oxygen atoms in total. The van der Waals surface area contributed by atoms with Crippen molar-refractivity contribution in [2.24, 2.45) is 5.73 Å². The monoisotopic (exact) mass is 237 g/mol. The molecular formula is C12H12ClNS. The molecular weight excluding hydrogens is 226 g/mol. The van der Waals surface area contributed by atoms with Gasteiger partial charge < -0.3 is 5.73 Å². The van der Waals surface area contributed by atoms with Crippen LogP contribution in [0.25, 0.3) is 0 Å². The maximum absolute atomic E-state index is 6.15. The van der Waals surface area contributed by atoms with Crippen LogP contribution in [-0.4, -0.2) is 0 Å². The molecule has 1 aromatic carbocycles. The van der Waals surface area contributed by atoms with Gasteiger partial charge in [0, 0.05) is 9.90 Å². The van der Waals surface area contributed by atoms with Crippen molar-refractivity contribution < 1.29 is 0 Å². The summed E-state index contributed by atoms with van der Waals surface area (Å²) in [6, 6.07) is 9.97. The number of hydrogen-bond donors (Lipinski definition) is 1. The van der Waals surface area contributed by atoms with Crippen molar-refractivity contribution >= 4 is 22.9 Å². The molecule has 0 aliphatic heterocycles. The van der Waals surface area contributed by atoms with Gasteiger partial charge in [0.15, 0.2) is 0 Å². The fourth-order valence-electron chi connectivity index (χ4n) is 1.49. The second-order valence-corrected chi connectivity index (χ2v) is 4.89. The van der Waals surface area contributed by atoms with E-state index in [0.29, 0.717) is 0 Å². The van der Waals surface area contributed by atoms with E-state index in [-0.39, 0.29) is 6.04 Å². The number of nitrogens with two attached hydrogens (primary N) is 1. The molecule has 2 N–H and O–H groups in total. The van der Waals surface area contributed by atoms with Crippen molar-refractivity contribution in [1.29, 1.82) is 0 Å². The zero-order chi connectivity index (χ0) is 10.8. The van der Waals surface area contributed by atoms with Gasteiger partial charge in [0.2, 0.25) is 0 Å². The van der Waals surface area contributed by atoms with Crippen LogP contribution in [0.15, 0.2) is 35.7 Å². The highest BCUT2D eigenvalue weighted by molar-refractivity contribution is 7.10. The van der Waals surface area contributed by atoms with Crippen LogP contribution in [-0.2, 0) is 0 Å². The third-order valence-corrected chi connectivity index (χ3v) is 3.77. The lowest BCUT2D eigenvalue weighted by Crippen LogP contribution is -2.10. The van der Waals surface area contributed by atoms with Gasteiger partial charge >= 0.3 is 0 Å². The summed E-state index contributed by atoms with van der Waals surface area (Å²) in [5.74, 6) is 0. The lowest BCUT2D eigenvalue weighted by molar-refractivity contribution is 0.891. The fraction of sp³-hybridized carbons (Fsp3) is 0.167. The average molecular weight is 238 g/mol. The van der Waals surface area contributed by atoms with Gasteiger partial charge in [0.1, 0.15) is 0 Å². The third kappa shape index (κ3) is 2.23. The number of hydrogen-bond acceptors (Lipinski definition) is 2. The van der Waals surface area contributed by atoms with Crippen molar-refractivity contribution in [2.75, 3.05) is 0 Å². The zero-order valence-electron chi connectivity index (χ0n) is 8.41. The molecule has 0 spiro atoms. The molecule has 0 unspecified atom stereocenters. The number of thiophene rings is 1. The van der Waals surface area contributed by atoms with E-state index in [2.05, 4.69) is 6.07 Å². The molecule has 78 valence electrons. The molecule has 0 saturated heterocycles. The van der Waals surface area contributed by atoms with Gasteiger partial charge in [0.05, 0.1) is 6.04 Å². The Hall–Kier alpha value is -0.830. The van der Waals surface area contributed by atoms with Gasteiger partial charge in [-0.2, -0.15) is 0 Å². The van der Waals surface area contributed by atoms with E-state index >= 15 is 0 Å². The molecule has 0 saturated carbocycles. The first-order valence-electron chi connectivity index (χ1n) is 4.73. The Balaban J connectivity index is 2.34. The van der Waals surface area contributed by atoms with E-state index in [4.69, 9.17) is 17.3 Å². The Kier molecular flexibility index (Phi) is 3.10. The van der Waals surface area contributed by atoms with Crippen molar-refractivity contribution in [3.8, 4) is 0 Å². The SMILES string of the molecule is Cc1cc([C@@H](N)c2cccs2)ccc1Cl. The lowest BCUT2D eigenvalue weighted by Gasteiger charge is -2.11. The Morgan fingerprint density at radius 3 is 2.73 bits per heavy atom. The third-order valence-electron chi connectivity index (χ3n) is 2.39. The largest absolute Gasteiger partial charge is 0.320 e. The summed E-state index contributed by atoms with van der Waals surface area (Å²) in [5.41, 5.74) is 8.33. The topological polar surface area (TPSA) is 26.0 Å². The second-order valence-electron chi connectivity index (χ2n) is 3.50. The highest BCUT2D eigenvalue weighted by atomic mass is 35.5. The first kappa shape index (κ1) is 10.7. The standard InChI is InChI=1S/C12H12ClNS/c1-8-7-9(4-5-10(8)13)12(14)11-3-2-6-15-11/h2-7,12H,14H2,1H3/t12-/m1/s1. The van der Waals surface area contributed by atoms with Crippen molar-refractivity contribution in [1.82, 2.24) is 0 Å². The molecule has 2 aromatic rings. The van der Waals surface area contributed by atoms with Crippen LogP contribution in [0.1, 0.15) is 22.0 Å². The molecule has 1 aromatic heterocycles. The minimum Gasteiger partial charge on any atom is -0.320 e. The predicted octanol–water partition coefficient (Wildman–Crippen LogP) is 3.76. The van der Waals surface area contributed by atoms with Crippen molar-refractivity contribution in [2.45, 2.75) is 13.0 Å². The number of halogens is 1. The summed E-state index contributed by atoms with van der Waals surface area (Å²) in [6.07, 6.45) is 0. The molecule has 3 heteroatoms. The van der Waals surface area contributed by atoms with E-state index in [0.717, 1.165) is 16.1 Å². The minimum atomic E-state index is -0.0408. The molecule has 0 aliphatic rings. The normalized spacial score (nSPS) is 12.7. The van der Waals surface area contributed by atoms with E-state index in [1.165, 1.54) is 4.88 Å². The van der Waals surface area contributed by atoms with E-state index in [1.807, 2.05) is 36.6 Å². The van der Waals surface area contributed by atoms with Crippen LogP contribution in [0.3, 0.4) is 0 Å². The van der Waals surface area contributed by atoms with E-state index in [9.17, 15) is 0 Å². The van der Waals surface area contributed by atoms with Crippen molar-refractivity contribution in [3.05, 3.63) is 56.7 Å². The molecule has 2 rings (SSSR count). The van der Waals surface area contributed by atoms with Crippen LogP contribution in [0.2, 0.25) is 5.02 Å². The van der Waals surface area contributed by atoms with Gasteiger partial charge in [-0.25, -0.2) is 0 Å². The minimum absolute atomic E-state index is 0.0408. The molecule has 0 amide bonds. The molecule has 0 bridgehead atoms. The van der Waals surface area contributed by atoms with Crippen LogP contribution in [0.5, 0.6) is 0 Å². The van der Waals surface area contributed by atoms with Gasteiger partial charge in [-0.1, -0.05) is 29.8 Å². The van der Waals surface area contributed by atoms with Crippen molar-refractivity contribution in [3.63, 3.8) is 0 Å². The van der Waals surface area contributed by atoms with E-state index < -0.39 is 0 Å². The zero-order valence-corrected chi connectivity index (χ0v) is 9.98. The van der Waals surface area contributed by atoms with Gasteiger partial charge in [0.25, 0.3) is 0 Å². The smallest absolute Gasteiger partial charge is 0.0646 e. The maximum Gasteiger partial charge on any atom is 0.0646 e. The van der Waals surface area contributed by atoms with Crippen LogP contribution >= 0.6 is 22.9 Å². The Morgan fingerprint density at radius 1 is 1.33 bits per heavy atom. The Labute approximate surface area is 98.5 Å². The fourth-order valence-corrected chi connectivity index (χ4v) is 2.37. The van der Waals surface area contributed by atoms with Crippen LogP contribution in [0.4, 0.5) is 0 Å². The summed E-state index contributed by atoms with van der Waals surface area (Å²) in [7, 11) is 0. The molecule has 0 fully saturated rings. The van der Waals surface area contributed by atoms with Crippen LogP contribution < -0.4 is 5.73 Å². The quantitative estimate of drug-likeness (QED) is 0.846. The Bertz CT molecular complexity index is 451. The molecule has 15 heavy (non-hydrogen) atoms. The lowest BCUT2D eigenvalue weighted by atomic mass is 10.0. The summed E-state index contributed by atoms with van der Waals surface area (Å²) in [4.78, 5) is 1.18. The Morgan fingerprint density at radius 2 is 2.13 bits per heavy atom. The number of aryl methyl sites for hydroxylation is 1. The average Bonchev–Trinajstić information content (AvgIpc) is 2.74. The van der Waals surface area contributed by atoms with Gasteiger partial charge in [-0.05, 0) is 35.6 Å². The maximum atomic E-state index is 6.15. The van der Waals surface area contributed by atoms with Gasteiger partial charge in [-0.15, -0.1) is 11.3 Å². The molecule has 0 aliphatic carbocycles. The summed E-state index contributed by atoms with van der Waals surface area (Å²) in [5, 5.41) is 2.83. The highest BCUT2D eigenvalue weighted by Crippen LogP contribution is 2.26. The second kappa shape index (κ2) is 4.35. The first-order valence-corrected chi connectivity index (χ1v) is 5.99. The summed E-state index contributed by atoms with van der Waals surface area (Å²) < 4.78 is 0.